The van der Waals surface area contributed by atoms with E-state index < -0.39 is 0 Å². The van der Waals surface area contributed by atoms with Crippen LogP contribution in [0.15, 0.2) is 0 Å². The SMILES string of the molecule is CC.CC(=O)OC1CCCC2(C)C1CCC2[C@H](C)C=O. The summed E-state index contributed by atoms with van der Waals surface area (Å²) >= 11 is 0. The van der Waals surface area contributed by atoms with E-state index in [1.807, 2.05) is 20.8 Å². The molecule has 2 aliphatic rings. The lowest BCUT2D eigenvalue weighted by Gasteiger charge is -2.45. The van der Waals surface area contributed by atoms with E-state index in [1.165, 1.54) is 6.92 Å². The third-order valence-corrected chi connectivity index (χ3v) is 5.30. The average molecular weight is 282 g/mol. The number of esters is 1. The number of rotatable bonds is 3. The third kappa shape index (κ3) is 3.24. The van der Waals surface area contributed by atoms with Crippen molar-refractivity contribution in [1.29, 1.82) is 0 Å². The van der Waals surface area contributed by atoms with Crippen molar-refractivity contribution in [1.82, 2.24) is 0 Å². The standard InChI is InChI=1S/C15H24O3.C2H6/c1-10(9-16)12-6-7-13-14(18-11(2)17)5-4-8-15(12,13)3;1-2/h9-10,12-14H,4-8H2,1-3H3;1-2H3/t10-,12?,13?,14?,15?;/m1./s1. The lowest BCUT2D eigenvalue weighted by molar-refractivity contribution is -0.155. The van der Waals surface area contributed by atoms with Crippen LogP contribution in [-0.4, -0.2) is 18.4 Å². The first-order chi connectivity index (χ1) is 9.49. The Balaban J connectivity index is 0.000000956. The molecule has 0 saturated heterocycles. The van der Waals surface area contributed by atoms with Gasteiger partial charge in [-0.1, -0.05) is 27.7 Å². The molecule has 2 saturated carbocycles. The Kier molecular flexibility index (Phi) is 6.22. The predicted octanol–water partition coefficient (Wildman–Crippen LogP) is 4.00. The van der Waals surface area contributed by atoms with Crippen molar-refractivity contribution < 1.29 is 14.3 Å². The molecule has 5 atom stereocenters. The molecule has 0 spiro atoms. The van der Waals surface area contributed by atoms with Gasteiger partial charge in [-0.3, -0.25) is 4.79 Å². The zero-order chi connectivity index (χ0) is 15.3. The topological polar surface area (TPSA) is 43.4 Å². The number of fused-ring (bicyclic) bond motifs is 1. The minimum absolute atomic E-state index is 0.0742. The lowest BCUT2D eigenvalue weighted by atomic mass is 9.62. The summed E-state index contributed by atoms with van der Waals surface area (Å²) in [6, 6.07) is 0. The van der Waals surface area contributed by atoms with Gasteiger partial charge in [0.25, 0.3) is 0 Å². The summed E-state index contributed by atoms with van der Waals surface area (Å²) in [6.07, 6.45) is 6.61. The highest BCUT2D eigenvalue weighted by Gasteiger charge is 2.53. The molecule has 0 aliphatic heterocycles. The summed E-state index contributed by atoms with van der Waals surface area (Å²) in [7, 11) is 0. The first-order valence-corrected chi connectivity index (χ1v) is 8.11. The Morgan fingerprint density at radius 1 is 1.30 bits per heavy atom. The van der Waals surface area contributed by atoms with Gasteiger partial charge in [-0.15, -0.1) is 0 Å². The number of ether oxygens (including phenoxy) is 1. The summed E-state index contributed by atoms with van der Waals surface area (Å²) in [6.45, 7) is 9.82. The van der Waals surface area contributed by atoms with E-state index in [4.69, 9.17) is 4.74 Å². The molecule has 4 unspecified atom stereocenters. The summed E-state index contributed by atoms with van der Waals surface area (Å²) in [4.78, 5) is 22.3. The van der Waals surface area contributed by atoms with Gasteiger partial charge in [-0.25, -0.2) is 0 Å². The molecule has 0 aromatic heterocycles. The van der Waals surface area contributed by atoms with Crippen molar-refractivity contribution >= 4 is 12.3 Å². The number of aldehydes is 1. The Hall–Kier alpha value is -0.860. The van der Waals surface area contributed by atoms with Crippen molar-refractivity contribution in [2.45, 2.75) is 72.8 Å². The van der Waals surface area contributed by atoms with Crippen LogP contribution in [0.2, 0.25) is 0 Å². The molecule has 2 aliphatic carbocycles. The Morgan fingerprint density at radius 3 is 2.50 bits per heavy atom. The first-order valence-electron chi connectivity index (χ1n) is 8.11. The van der Waals surface area contributed by atoms with Crippen LogP contribution < -0.4 is 0 Å². The molecule has 3 nitrogen and oxygen atoms in total. The number of hydrogen-bond donors (Lipinski definition) is 0. The lowest BCUT2D eigenvalue weighted by Crippen LogP contribution is -2.43. The van der Waals surface area contributed by atoms with Gasteiger partial charge in [0.2, 0.25) is 0 Å². The second-order valence-corrected chi connectivity index (χ2v) is 6.33. The van der Waals surface area contributed by atoms with Gasteiger partial charge < -0.3 is 9.53 Å². The molecule has 0 amide bonds. The van der Waals surface area contributed by atoms with Gasteiger partial charge in [-0.2, -0.15) is 0 Å². The number of hydrogen-bond acceptors (Lipinski definition) is 3. The zero-order valence-electron chi connectivity index (χ0n) is 13.6. The van der Waals surface area contributed by atoms with Crippen molar-refractivity contribution in [2.75, 3.05) is 0 Å². The van der Waals surface area contributed by atoms with E-state index in [9.17, 15) is 9.59 Å². The third-order valence-electron chi connectivity index (χ3n) is 5.30. The highest BCUT2D eigenvalue weighted by Crippen LogP contribution is 2.58. The molecule has 0 aromatic carbocycles. The van der Waals surface area contributed by atoms with Crippen LogP contribution in [0.5, 0.6) is 0 Å². The summed E-state index contributed by atoms with van der Waals surface area (Å²) in [5.41, 5.74) is 0.179. The zero-order valence-corrected chi connectivity index (χ0v) is 13.6. The predicted molar refractivity (Wildman–Crippen MR) is 80.3 cm³/mol. The molecule has 0 heterocycles. The second-order valence-electron chi connectivity index (χ2n) is 6.33. The molecule has 0 N–H and O–H groups in total. The molecule has 3 heteroatoms. The van der Waals surface area contributed by atoms with Crippen LogP contribution in [0, 0.1) is 23.2 Å². The Labute approximate surface area is 123 Å². The van der Waals surface area contributed by atoms with Gasteiger partial charge in [0.1, 0.15) is 12.4 Å². The molecule has 2 fully saturated rings. The van der Waals surface area contributed by atoms with Crippen molar-refractivity contribution in [2.24, 2.45) is 23.2 Å². The molecular formula is C17H30O3. The minimum atomic E-state index is -0.170. The molecule has 0 aromatic rings. The maximum absolute atomic E-state index is 11.2. The maximum atomic E-state index is 11.2. The van der Waals surface area contributed by atoms with E-state index >= 15 is 0 Å². The van der Waals surface area contributed by atoms with Crippen molar-refractivity contribution in [3.8, 4) is 0 Å². The van der Waals surface area contributed by atoms with Crippen LogP contribution in [0.4, 0.5) is 0 Å². The fourth-order valence-electron chi connectivity index (χ4n) is 4.47. The van der Waals surface area contributed by atoms with Gasteiger partial charge in [-0.05, 0) is 43.4 Å². The molecule has 0 radical (unpaired) electrons. The molecule has 20 heavy (non-hydrogen) atoms. The monoisotopic (exact) mass is 282 g/mol. The van der Waals surface area contributed by atoms with E-state index in [1.54, 1.807) is 0 Å². The Bertz CT molecular complexity index is 339. The van der Waals surface area contributed by atoms with Gasteiger partial charge in [0, 0.05) is 18.8 Å². The number of carbonyl (C=O) groups is 2. The molecule has 0 bridgehead atoms. The van der Waals surface area contributed by atoms with E-state index in [0.29, 0.717) is 11.8 Å². The van der Waals surface area contributed by atoms with Crippen molar-refractivity contribution in [3.05, 3.63) is 0 Å². The number of carbonyl (C=O) groups excluding carboxylic acids is 2. The normalized spacial score (nSPS) is 37.1. The second kappa shape index (κ2) is 7.24. The molecule has 2 rings (SSSR count). The molecular weight excluding hydrogens is 252 g/mol. The van der Waals surface area contributed by atoms with Crippen LogP contribution in [-0.2, 0) is 14.3 Å². The van der Waals surface area contributed by atoms with Crippen LogP contribution in [0.3, 0.4) is 0 Å². The quantitative estimate of drug-likeness (QED) is 0.580. The summed E-state index contributed by atoms with van der Waals surface area (Å²) in [5, 5.41) is 0. The first kappa shape index (κ1) is 17.2. The maximum Gasteiger partial charge on any atom is 0.302 e. The van der Waals surface area contributed by atoms with E-state index in [2.05, 4.69) is 6.92 Å². The van der Waals surface area contributed by atoms with Gasteiger partial charge in [0.05, 0.1) is 0 Å². The van der Waals surface area contributed by atoms with E-state index in [0.717, 1.165) is 38.4 Å². The van der Waals surface area contributed by atoms with Crippen LogP contribution >= 0.6 is 0 Å². The van der Waals surface area contributed by atoms with Crippen LogP contribution in [0.25, 0.3) is 0 Å². The minimum Gasteiger partial charge on any atom is -0.462 e. The van der Waals surface area contributed by atoms with Crippen molar-refractivity contribution in [3.63, 3.8) is 0 Å². The Morgan fingerprint density at radius 2 is 1.95 bits per heavy atom. The smallest absolute Gasteiger partial charge is 0.302 e. The van der Waals surface area contributed by atoms with E-state index in [-0.39, 0.29) is 23.4 Å². The largest absolute Gasteiger partial charge is 0.462 e. The summed E-state index contributed by atoms with van der Waals surface area (Å²) in [5.74, 6) is 0.855. The fourth-order valence-corrected chi connectivity index (χ4v) is 4.47. The van der Waals surface area contributed by atoms with Gasteiger partial charge >= 0.3 is 5.97 Å². The highest BCUT2D eigenvalue weighted by molar-refractivity contribution is 5.66. The summed E-state index contributed by atoms with van der Waals surface area (Å²) < 4.78 is 5.50. The van der Waals surface area contributed by atoms with Crippen LogP contribution in [0.1, 0.15) is 66.7 Å². The fraction of sp³-hybridized carbons (Fsp3) is 0.882. The highest BCUT2D eigenvalue weighted by atomic mass is 16.5. The van der Waals surface area contributed by atoms with Gasteiger partial charge in [0.15, 0.2) is 0 Å². The molecule has 116 valence electrons. The average Bonchev–Trinajstić information content (AvgIpc) is 2.78.